The molecule has 1 N–H and O–H groups in total. The van der Waals surface area contributed by atoms with E-state index in [-0.39, 0.29) is 11.8 Å². The van der Waals surface area contributed by atoms with Crippen LogP contribution in [0.3, 0.4) is 0 Å². The second-order valence-electron chi connectivity index (χ2n) is 7.41. The summed E-state index contributed by atoms with van der Waals surface area (Å²) in [6.45, 7) is 7.37. The molecule has 0 fully saturated rings. The van der Waals surface area contributed by atoms with Gasteiger partial charge in [0.2, 0.25) is 5.91 Å². The predicted molar refractivity (Wildman–Crippen MR) is 94.5 cm³/mol. The Morgan fingerprint density at radius 2 is 1.70 bits per heavy atom. The molecular weight excluding hydrogens is 288 g/mol. The number of amides is 2. The monoisotopic (exact) mass is 318 g/mol. The lowest BCUT2D eigenvalue weighted by Gasteiger charge is -2.17. The Morgan fingerprint density at radius 3 is 2.22 bits per heavy atom. The van der Waals surface area contributed by atoms with Crippen LogP contribution in [0.5, 0.6) is 0 Å². The van der Waals surface area contributed by atoms with Crippen molar-refractivity contribution in [3.63, 3.8) is 0 Å². The van der Waals surface area contributed by atoms with E-state index >= 15 is 0 Å². The third-order valence-electron chi connectivity index (χ3n) is 3.67. The van der Waals surface area contributed by atoms with Crippen molar-refractivity contribution < 1.29 is 9.59 Å². The summed E-state index contributed by atoms with van der Waals surface area (Å²) in [6.07, 6.45) is 3.29. The van der Waals surface area contributed by atoms with Gasteiger partial charge in [0.15, 0.2) is 0 Å². The molecule has 1 aromatic carbocycles. The summed E-state index contributed by atoms with van der Waals surface area (Å²) in [6, 6.07) is 7.48. The van der Waals surface area contributed by atoms with Crippen molar-refractivity contribution in [1.82, 2.24) is 10.2 Å². The number of hydrogen-bond acceptors (Lipinski definition) is 2. The topological polar surface area (TPSA) is 49.4 Å². The van der Waals surface area contributed by atoms with Crippen molar-refractivity contribution in [2.45, 2.75) is 46.5 Å². The summed E-state index contributed by atoms with van der Waals surface area (Å²) in [5, 5.41) is 2.97. The van der Waals surface area contributed by atoms with E-state index < -0.39 is 0 Å². The zero-order chi connectivity index (χ0) is 17.5. The summed E-state index contributed by atoms with van der Waals surface area (Å²) < 4.78 is 0. The Labute approximate surface area is 140 Å². The second kappa shape index (κ2) is 8.70. The first kappa shape index (κ1) is 19.2. The van der Waals surface area contributed by atoms with E-state index in [1.807, 2.05) is 24.3 Å². The molecule has 0 atom stereocenters. The van der Waals surface area contributed by atoms with Crippen LogP contribution in [0.25, 0.3) is 0 Å². The van der Waals surface area contributed by atoms with Gasteiger partial charge in [0.05, 0.1) is 0 Å². The fourth-order valence-electron chi connectivity index (χ4n) is 2.26. The predicted octanol–water partition coefficient (Wildman–Crippen LogP) is 3.26. The van der Waals surface area contributed by atoms with E-state index in [2.05, 4.69) is 26.1 Å². The SMILES string of the molecule is CN(C)C(=O)c1ccc(CCC(=O)NCCCC(C)(C)C)cc1. The van der Waals surface area contributed by atoms with Crippen LogP contribution in [0, 0.1) is 5.41 Å². The van der Waals surface area contributed by atoms with Gasteiger partial charge in [0.1, 0.15) is 0 Å². The molecule has 1 rings (SSSR count). The van der Waals surface area contributed by atoms with Crippen LogP contribution in [-0.2, 0) is 11.2 Å². The zero-order valence-electron chi connectivity index (χ0n) is 15.1. The molecule has 0 aliphatic carbocycles. The number of benzene rings is 1. The average molecular weight is 318 g/mol. The number of carbonyl (C=O) groups excluding carboxylic acids is 2. The van der Waals surface area contributed by atoms with Crippen molar-refractivity contribution in [1.29, 1.82) is 0 Å². The Kier molecular flexibility index (Phi) is 7.27. The van der Waals surface area contributed by atoms with E-state index in [1.165, 1.54) is 0 Å². The summed E-state index contributed by atoms with van der Waals surface area (Å²) in [4.78, 5) is 25.2. The molecule has 0 saturated carbocycles. The third-order valence-corrected chi connectivity index (χ3v) is 3.67. The number of carbonyl (C=O) groups is 2. The first-order chi connectivity index (χ1) is 10.7. The number of rotatable bonds is 7. The van der Waals surface area contributed by atoms with Gasteiger partial charge in [-0.15, -0.1) is 0 Å². The highest BCUT2D eigenvalue weighted by Gasteiger charge is 2.10. The van der Waals surface area contributed by atoms with E-state index in [4.69, 9.17) is 0 Å². The molecule has 128 valence electrons. The molecule has 0 aliphatic rings. The van der Waals surface area contributed by atoms with Gasteiger partial charge in [-0.05, 0) is 42.4 Å². The van der Waals surface area contributed by atoms with Gasteiger partial charge in [-0.3, -0.25) is 9.59 Å². The molecule has 0 spiro atoms. The smallest absolute Gasteiger partial charge is 0.253 e. The number of nitrogens with one attached hydrogen (secondary N) is 1. The quantitative estimate of drug-likeness (QED) is 0.785. The summed E-state index contributed by atoms with van der Waals surface area (Å²) in [5.41, 5.74) is 2.06. The molecular formula is C19H30N2O2. The maximum Gasteiger partial charge on any atom is 0.253 e. The summed E-state index contributed by atoms with van der Waals surface area (Å²) >= 11 is 0. The Bertz CT molecular complexity index is 513. The normalized spacial score (nSPS) is 11.2. The average Bonchev–Trinajstić information content (AvgIpc) is 2.48. The molecule has 0 bridgehead atoms. The molecule has 2 amide bonds. The first-order valence-electron chi connectivity index (χ1n) is 8.26. The van der Waals surface area contributed by atoms with Crippen molar-refractivity contribution in [3.05, 3.63) is 35.4 Å². The molecule has 4 heteroatoms. The molecule has 0 heterocycles. The van der Waals surface area contributed by atoms with Crippen LogP contribution < -0.4 is 5.32 Å². The maximum atomic E-state index is 11.8. The van der Waals surface area contributed by atoms with Gasteiger partial charge >= 0.3 is 0 Å². The molecule has 0 aromatic heterocycles. The first-order valence-corrected chi connectivity index (χ1v) is 8.26. The van der Waals surface area contributed by atoms with E-state index in [0.717, 1.165) is 24.9 Å². The Hall–Kier alpha value is -1.84. The standard InChI is InChI=1S/C19H30N2O2/c1-19(2,3)13-6-14-20-17(22)12-9-15-7-10-16(11-8-15)18(23)21(4)5/h7-8,10-11H,6,9,12-14H2,1-5H3,(H,20,22). The fourth-order valence-corrected chi connectivity index (χ4v) is 2.26. The van der Waals surface area contributed by atoms with Crippen molar-refractivity contribution in [2.75, 3.05) is 20.6 Å². The number of nitrogens with zero attached hydrogens (tertiary/aromatic N) is 1. The minimum absolute atomic E-state index is 0.00635. The van der Waals surface area contributed by atoms with Gasteiger partial charge in [0.25, 0.3) is 5.91 Å². The van der Waals surface area contributed by atoms with Crippen LogP contribution in [-0.4, -0.2) is 37.4 Å². The molecule has 0 aliphatic heterocycles. The number of hydrogen-bond donors (Lipinski definition) is 1. The molecule has 4 nitrogen and oxygen atoms in total. The van der Waals surface area contributed by atoms with E-state index in [1.54, 1.807) is 19.0 Å². The van der Waals surface area contributed by atoms with Gasteiger partial charge in [-0.1, -0.05) is 32.9 Å². The zero-order valence-corrected chi connectivity index (χ0v) is 15.1. The lowest BCUT2D eigenvalue weighted by Crippen LogP contribution is -2.25. The third kappa shape index (κ3) is 7.82. The van der Waals surface area contributed by atoms with E-state index in [0.29, 0.717) is 23.8 Å². The van der Waals surface area contributed by atoms with Crippen LogP contribution >= 0.6 is 0 Å². The highest BCUT2D eigenvalue weighted by Crippen LogP contribution is 2.19. The Morgan fingerprint density at radius 1 is 1.09 bits per heavy atom. The molecule has 23 heavy (non-hydrogen) atoms. The lowest BCUT2D eigenvalue weighted by molar-refractivity contribution is -0.121. The molecule has 0 radical (unpaired) electrons. The van der Waals surface area contributed by atoms with Crippen LogP contribution in [0.1, 0.15) is 56.0 Å². The molecule has 0 saturated heterocycles. The molecule has 1 aromatic rings. The van der Waals surface area contributed by atoms with Gasteiger partial charge in [-0.25, -0.2) is 0 Å². The molecule has 0 unspecified atom stereocenters. The lowest BCUT2D eigenvalue weighted by atomic mass is 9.91. The van der Waals surface area contributed by atoms with Gasteiger partial charge < -0.3 is 10.2 Å². The van der Waals surface area contributed by atoms with Crippen LogP contribution in [0.2, 0.25) is 0 Å². The van der Waals surface area contributed by atoms with Crippen molar-refractivity contribution in [3.8, 4) is 0 Å². The van der Waals surface area contributed by atoms with E-state index in [9.17, 15) is 9.59 Å². The van der Waals surface area contributed by atoms with Crippen molar-refractivity contribution in [2.24, 2.45) is 5.41 Å². The largest absolute Gasteiger partial charge is 0.356 e. The Balaban J connectivity index is 2.32. The summed E-state index contributed by atoms with van der Waals surface area (Å²) in [5.74, 6) is 0.0838. The summed E-state index contributed by atoms with van der Waals surface area (Å²) in [7, 11) is 3.47. The maximum absolute atomic E-state index is 11.8. The second-order valence-corrected chi connectivity index (χ2v) is 7.41. The minimum Gasteiger partial charge on any atom is -0.356 e. The minimum atomic E-state index is -0.00635. The van der Waals surface area contributed by atoms with Crippen molar-refractivity contribution >= 4 is 11.8 Å². The van der Waals surface area contributed by atoms with Gasteiger partial charge in [0, 0.05) is 32.6 Å². The highest BCUT2D eigenvalue weighted by atomic mass is 16.2. The van der Waals surface area contributed by atoms with Gasteiger partial charge in [-0.2, -0.15) is 0 Å². The highest BCUT2D eigenvalue weighted by molar-refractivity contribution is 5.93. The van der Waals surface area contributed by atoms with Crippen LogP contribution in [0.4, 0.5) is 0 Å². The number of aryl methyl sites for hydroxylation is 1. The fraction of sp³-hybridized carbons (Fsp3) is 0.579. The van der Waals surface area contributed by atoms with Crippen LogP contribution in [0.15, 0.2) is 24.3 Å².